The van der Waals surface area contributed by atoms with Crippen molar-refractivity contribution in [1.29, 1.82) is 5.26 Å². The number of likely N-dealkylation sites (N-methyl/N-ethyl adjacent to an activating group) is 1. The van der Waals surface area contributed by atoms with E-state index in [9.17, 15) is 9.59 Å². The topological polar surface area (TPSA) is 82.4 Å². The second-order valence-corrected chi connectivity index (χ2v) is 5.59. The molecule has 0 aliphatic rings. The first-order valence-corrected chi connectivity index (χ1v) is 7.71. The van der Waals surface area contributed by atoms with Gasteiger partial charge in [-0.2, -0.15) is 5.26 Å². The average Bonchev–Trinajstić information content (AvgIpc) is 2.62. The van der Waals surface area contributed by atoms with Gasteiger partial charge in [0.1, 0.15) is 5.75 Å². The molecule has 2 rings (SSSR count). The van der Waals surface area contributed by atoms with Crippen molar-refractivity contribution in [2.75, 3.05) is 25.5 Å². The van der Waals surface area contributed by atoms with Gasteiger partial charge in [-0.05, 0) is 43.3 Å². The molecular formula is C19H19N3O3. The van der Waals surface area contributed by atoms with Crippen molar-refractivity contribution in [1.82, 2.24) is 4.90 Å². The summed E-state index contributed by atoms with van der Waals surface area (Å²) < 4.78 is 5.37. The van der Waals surface area contributed by atoms with Crippen LogP contribution in [0.25, 0.3) is 0 Å². The van der Waals surface area contributed by atoms with Crippen LogP contribution in [0.5, 0.6) is 5.75 Å². The van der Waals surface area contributed by atoms with Crippen LogP contribution in [0.3, 0.4) is 0 Å². The lowest BCUT2D eigenvalue weighted by Crippen LogP contribution is -2.37. The maximum absolute atomic E-state index is 12.0. The molecule has 2 aromatic rings. The molecule has 0 aliphatic heterocycles. The highest BCUT2D eigenvalue weighted by Crippen LogP contribution is 2.12. The van der Waals surface area contributed by atoms with Crippen molar-refractivity contribution in [2.24, 2.45) is 0 Å². The van der Waals surface area contributed by atoms with Gasteiger partial charge in [0.15, 0.2) is 6.61 Å². The van der Waals surface area contributed by atoms with Gasteiger partial charge in [0.05, 0.1) is 18.2 Å². The summed E-state index contributed by atoms with van der Waals surface area (Å²) in [5, 5.41) is 11.5. The summed E-state index contributed by atoms with van der Waals surface area (Å²) in [6.45, 7) is 1.72. The van der Waals surface area contributed by atoms with E-state index in [1.165, 1.54) is 4.90 Å². The van der Waals surface area contributed by atoms with Gasteiger partial charge in [0, 0.05) is 12.7 Å². The van der Waals surface area contributed by atoms with Crippen molar-refractivity contribution < 1.29 is 14.3 Å². The molecular weight excluding hydrogens is 318 g/mol. The number of rotatable bonds is 6. The number of carbonyl (C=O) groups excluding carboxylic acids is 2. The summed E-state index contributed by atoms with van der Waals surface area (Å²) >= 11 is 0. The van der Waals surface area contributed by atoms with E-state index in [2.05, 4.69) is 5.32 Å². The van der Waals surface area contributed by atoms with Gasteiger partial charge in [-0.3, -0.25) is 9.59 Å². The van der Waals surface area contributed by atoms with Gasteiger partial charge in [0.25, 0.3) is 5.91 Å². The maximum Gasteiger partial charge on any atom is 0.260 e. The number of hydrogen-bond acceptors (Lipinski definition) is 4. The Morgan fingerprint density at radius 3 is 2.36 bits per heavy atom. The Hall–Kier alpha value is -3.33. The predicted molar refractivity (Wildman–Crippen MR) is 94.1 cm³/mol. The van der Waals surface area contributed by atoms with E-state index >= 15 is 0 Å². The van der Waals surface area contributed by atoms with E-state index in [1.54, 1.807) is 31.3 Å². The number of nitrogens with one attached hydrogen (secondary N) is 1. The zero-order valence-corrected chi connectivity index (χ0v) is 14.2. The van der Waals surface area contributed by atoms with E-state index < -0.39 is 0 Å². The van der Waals surface area contributed by atoms with Crippen LogP contribution in [0.1, 0.15) is 11.1 Å². The number of carbonyl (C=O) groups is 2. The molecule has 0 fully saturated rings. The number of aryl methyl sites for hydroxylation is 1. The zero-order chi connectivity index (χ0) is 18.2. The summed E-state index contributed by atoms with van der Waals surface area (Å²) in [6, 6.07) is 15.9. The first-order chi connectivity index (χ1) is 12.0. The van der Waals surface area contributed by atoms with Crippen LogP contribution >= 0.6 is 0 Å². The predicted octanol–water partition coefficient (Wildman–Crippen LogP) is 2.34. The van der Waals surface area contributed by atoms with Crippen molar-refractivity contribution >= 4 is 17.5 Å². The van der Waals surface area contributed by atoms with Crippen molar-refractivity contribution in [3.8, 4) is 11.8 Å². The van der Waals surface area contributed by atoms with Crippen molar-refractivity contribution in [3.63, 3.8) is 0 Å². The third kappa shape index (κ3) is 5.66. The monoisotopic (exact) mass is 337 g/mol. The Bertz CT molecular complexity index is 777. The maximum atomic E-state index is 12.0. The lowest BCUT2D eigenvalue weighted by molar-refractivity contribution is -0.135. The molecule has 0 unspecified atom stereocenters. The lowest BCUT2D eigenvalue weighted by Gasteiger charge is -2.17. The molecule has 0 aromatic heterocycles. The number of amides is 2. The third-order valence-corrected chi connectivity index (χ3v) is 3.49. The Kier molecular flexibility index (Phi) is 6.13. The molecule has 0 bridgehead atoms. The first kappa shape index (κ1) is 18.0. The normalized spacial score (nSPS) is 9.80. The number of anilines is 1. The molecule has 2 aromatic carbocycles. The van der Waals surface area contributed by atoms with Crippen LogP contribution in [0.2, 0.25) is 0 Å². The first-order valence-electron chi connectivity index (χ1n) is 7.71. The number of hydrogen-bond donors (Lipinski definition) is 1. The van der Waals surface area contributed by atoms with Crippen LogP contribution in [-0.4, -0.2) is 36.9 Å². The number of nitrogens with zero attached hydrogens (tertiary/aromatic N) is 2. The summed E-state index contributed by atoms with van der Waals surface area (Å²) in [5.41, 5.74) is 2.30. The van der Waals surface area contributed by atoms with Crippen LogP contribution < -0.4 is 10.1 Å². The molecule has 25 heavy (non-hydrogen) atoms. The Balaban J connectivity index is 1.79. The highest BCUT2D eigenvalue weighted by molar-refractivity contribution is 5.94. The number of nitriles is 1. The molecule has 0 atom stereocenters. The minimum atomic E-state index is -0.316. The molecule has 0 radical (unpaired) electrons. The van der Waals surface area contributed by atoms with Crippen LogP contribution in [0.15, 0.2) is 48.5 Å². The SMILES string of the molecule is Cc1ccc(NC(=O)CN(C)C(=O)COc2ccc(C#N)cc2)cc1. The summed E-state index contributed by atoms with van der Waals surface area (Å²) in [5.74, 6) is -0.105. The minimum absolute atomic E-state index is 0.0660. The Labute approximate surface area is 146 Å². The molecule has 128 valence electrons. The van der Waals surface area contributed by atoms with Crippen molar-refractivity contribution in [2.45, 2.75) is 6.92 Å². The van der Waals surface area contributed by atoms with E-state index in [0.29, 0.717) is 17.0 Å². The standard InChI is InChI=1S/C19H19N3O3/c1-14-3-7-16(8-4-14)21-18(23)12-22(2)19(24)13-25-17-9-5-15(11-20)6-10-17/h3-10H,12-13H2,1-2H3,(H,21,23). The number of ether oxygens (including phenoxy) is 1. The molecule has 0 aliphatic carbocycles. The largest absolute Gasteiger partial charge is 0.484 e. The molecule has 0 saturated heterocycles. The molecule has 1 N–H and O–H groups in total. The van der Waals surface area contributed by atoms with Gasteiger partial charge in [-0.25, -0.2) is 0 Å². The van der Waals surface area contributed by atoms with Gasteiger partial charge >= 0.3 is 0 Å². The summed E-state index contributed by atoms with van der Waals surface area (Å²) in [6.07, 6.45) is 0. The zero-order valence-electron chi connectivity index (χ0n) is 14.2. The fourth-order valence-electron chi connectivity index (χ4n) is 2.02. The van der Waals surface area contributed by atoms with Crippen LogP contribution in [0.4, 0.5) is 5.69 Å². The van der Waals surface area contributed by atoms with E-state index in [0.717, 1.165) is 5.56 Å². The Morgan fingerprint density at radius 2 is 1.76 bits per heavy atom. The summed E-state index contributed by atoms with van der Waals surface area (Å²) in [7, 11) is 1.54. The second kappa shape index (κ2) is 8.50. The van der Waals surface area contributed by atoms with E-state index in [-0.39, 0.29) is 25.0 Å². The second-order valence-electron chi connectivity index (χ2n) is 5.59. The average molecular weight is 337 g/mol. The van der Waals surface area contributed by atoms with Gasteiger partial charge in [-0.15, -0.1) is 0 Å². The highest BCUT2D eigenvalue weighted by atomic mass is 16.5. The smallest absolute Gasteiger partial charge is 0.260 e. The fourth-order valence-corrected chi connectivity index (χ4v) is 2.02. The van der Waals surface area contributed by atoms with Gasteiger partial charge in [0.2, 0.25) is 5.91 Å². The molecule has 0 spiro atoms. The summed E-state index contributed by atoms with van der Waals surface area (Å²) in [4.78, 5) is 25.3. The molecule has 0 heterocycles. The van der Waals surface area contributed by atoms with Crippen molar-refractivity contribution in [3.05, 3.63) is 59.7 Å². The van der Waals surface area contributed by atoms with E-state index in [1.807, 2.05) is 37.3 Å². The fraction of sp³-hybridized carbons (Fsp3) is 0.211. The minimum Gasteiger partial charge on any atom is -0.484 e. The molecule has 0 saturated carbocycles. The van der Waals surface area contributed by atoms with Crippen LogP contribution in [0, 0.1) is 18.3 Å². The van der Waals surface area contributed by atoms with Gasteiger partial charge in [-0.1, -0.05) is 17.7 Å². The van der Waals surface area contributed by atoms with E-state index in [4.69, 9.17) is 10.00 Å². The quantitative estimate of drug-likeness (QED) is 0.877. The lowest BCUT2D eigenvalue weighted by atomic mass is 10.2. The van der Waals surface area contributed by atoms with Gasteiger partial charge < -0.3 is 15.0 Å². The third-order valence-electron chi connectivity index (χ3n) is 3.49. The van der Waals surface area contributed by atoms with Crippen LogP contribution in [-0.2, 0) is 9.59 Å². The molecule has 6 heteroatoms. The Morgan fingerprint density at radius 1 is 1.12 bits per heavy atom. The number of benzene rings is 2. The molecule has 2 amide bonds. The highest BCUT2D eigenvalue weighted by Gasteiger charge is 2.13. The molecule has 6 nitrogen and oxygen atoms in total.